The lowest BCUT2D eigenvalue weighted by Crippen LogP contribution is -2.03. The van der Waals surface area contributed by atoms with Gasteiger partial charge in [0, 0.05) is 48.7 Å². The van der Waals surface area contributed by atoms with E-state index in [-0.39, 0.29) is 0 Å². The quantitative estimate of drug-likeness (QED) is 0.183. The van der Waals surface area contributed by atoms with Crippen molar-refractivity contribution in [3.05, 3.63) is 158 Å². The Morgan fingerprint density at radius 1 is 0.434 bits per heavy atom. The molecule has 5 aromatic heterocycles. The summed E-state index contributed by atoms with van der Waals surface area (Å²) in [4.78, 5) is 10.9. The maximum absolute atomic E-state index is 6.59. The second kappa shape index (κ2) is 9.75. The van der Waals surface area contributed by atoms with Gasteiger partial charge in [0.2, 0.25) is 5.95 Å². The van der Waals surface area contributed by atoms with Crippen molar-refractivity contribution in [2.75, 3.05) is 0 Å². The number of para-hydroxylation sites is 3. The first kappa shape index (κ1) is 27.5. The fraction of sp³-hybridized carbons (Fsp3) is 0. The molecule has 0 unspecified atom stereocenters. The Hall–Kier alpha value is -7.24. The predicted octanol–water partition coefficient (Wildman–Crippen LogP) is 12.6. The molecule has 244 valence electrons. The number of benzene rings is 8. The zero-order valence-corrected chi connectivity index (χ0v) is 28.2. The van der Waals surface area contributed by atoms with Crippen LogP contribution in [0.5, 0.6) is 0 Å². The fourth-order valence-electron chi connectivity index (χ4n) is 9.18. The van der Waals surface area contributed by atoms with Crippen LogP contribution in [-0.2, 0) is 0 Å². The molecular formula is C48H26N4O. The van der Waals surface area contributed by atoms with Crippen LogP contribution in [-0.4, -0.2) is 18.9 Å². The maximum Gasteiger partial charge on any atom is 0.236 e. The fourth-order valence-corrected chi connectivity index (χ4v) is 9.18. The Morgan fingerprint density at radius 2 is 1.09 bits per heavy atom. The van der Waals surface area contributed by atoms with Crippen molar-refractivity contribution >= 4 is 104 Å². The van der Waals surface area contributed by atoms with Crippen LogP contribution in [0.4, 0.5) is 0 Å². The average molecular weight is 675 g/mol. The van der Waals surface area contributed by atoms with Crippen LogP contribution in [0, 0.1) is 0 Å². The maximum atomic E-state index is 6.59. The summed E-state index contributed by atoms with van der Waals surface area (Å²) < 4.78 is 11.4. The van der Waals surface area contributed by atoms with Gasteiger partial charge in [0.25, 0.3) is 0 Å². The van der Waals surface area contributed by atoms with Gasteiger partial charge >= 0.3 is 0 Å². The van der Waals surface area contributed by atoms with E-state index in [0.29, 0.717) is 11.5 Å². The Morgan fingerprint density at radius 3 is 1.96 bits per heavy atom. The van der Waals surface area contributed by atoms with Crippen LogP contribution in [0.3, 0.4) is 0 Å². The van der Waals surface area contributed by atoms with E-state index in [1.54, 1.807) is 0 Å². The molecule has 5 heterocycles. The average Bonchev–Trinajstić information content (AvgIpc) is 3.95. The highest BCUT2D eigenvalue weighted by Crippen LogP contribution is 2.48. The summed E-state index contributed by atoms with van der Waals surface area (Å²) >= 11 is 0. The first-order chi connectivity index (χ1) is 26.3. The number of hydrogen-bond donors (Lipinski definition) is 0. The van der Waals surface area contributed by atoms with Gasteiger partial charge in [-0.2, -0.15) is 0 Å². The molecule has 0 saturated heterocycles. The van der Waals surface area contributed by atoms with Crippen molar-refractivity contribution in [2.45, 2.75) is 0 Å². The molecule has 0 aliphatic heterocycles. The van der Waals surface area contributed by atoms with Gasteiger partial charge in [0.15, 0.2) is 5.58 Å². The van der Waals surface area contributed by atoms with Crippen molar-refractivity contribution < 1.29 is 4.42 Å². The van der Waals surface area contributed by atoms with Crippen LogP contribution in [0.1, 0.15) is 0 Å². The lowest BCUT2D eigenvalue weighted by molar-refractivity contribution is 0.666. The molecule has 0 N–H and O–H groups in total. The van der Waals surface area contributed by atoms with E-state index in [9.17, 15) is 0 Å². The van der Waals surface area contributed by atoms with E-state index >= 15 is 0 Å². The highest BCUT2D eigenvalue weighted by atomic mass is 16.3. The summed E-state index contributed by atoms with van der Waals surface area (Å²) in [5, 5.41) is 13.0. The molecule has 13 aromatic rings. The molecule has 0 spiro atoms. The second-order valence-electron chi connectivity index (χ2n) is 14.1. The summed E-state index contributed by atoms with van der Waals surface area (Å²) in [6, 6.07) is 56.3. The zero-order valence-electron chi connectivity index (χ0n) is 28.2. The second-order valence-corrected chi connectivity index (χ2v) is 14.1. The van der Waals surface area contributed by atoms with Crippen molar-refractivity contribution in [1.82, 2.24) is 18.9 Å². The van der Waals surface area contributed by atoms with Gasteiger partial charge in [-0.05, 0) is 52.6 Å². The number of rotatable bonds is 2. The van der Waals surface area contributed by atoms with Gasteiger partial charge in [-0.3, -0.25) is 4.57 Å². The minimum absolute atomic E-state index is 0.617. The normalized spacial score (nSPS) is 12.5. The number of fused-ring (bicyclic) bond motifs is 16. The minimum Gasteiger partial charge on any atom is -0.452 e. The summed E-state index contributed by atoms with van der Waals surface area (Å²) in [5.41, 5.74) is 9.87. The van der Waals surface area contributed by atoms with Crippen molar-refractivity contribution in [3.63, 3.8) is 0 Å². The summed E-state index contributed by atoms with van der Waals surface area (Å²) in [6.45, 7) is 0. The first-order valence-corrected chi connectivity index (χ1v) is 18.0. The van der Waals surface area contributed by atoms with Gasteiger partial charge in [-0.25, -0.2) is 9.97 Å². The van der Waals surface area contributed by atoms with Crippen LogP contribution >= 0.6 is 0 Å². The van der Waals surface area contributed by atoms with Crippen molar-refractivity contribution in [2.24, 2.45) is 0 Å². The molecule has 5 heteroatoms. The zero-order chi connectivity index (χ0) is 34.4. The minimum atomic E-state index is 0.617. The molecular weight excluding hydrogens is 649 g/mol. The summed E-state index contributed by atoms with van der Waals surface area (Å²) in [6.07, 6.45) is 0. The van der Waals surface area contributed by atoms with Crippen molar-refractivity contribution in [3.8, 4) is 17.2 Å². The molecule has 0 fully saturated rings. The Labute approximate surface area is 300 Å². The SMILES string of the molecule is c1ccc2cc(-c3nc(-n4c5ccccc5c5cc6c7ccccc7n7c8c9ccccc9ccc8c(c54)c67)nc4c3oc3ccccc34)ccc2c1. The molecule has 0 amide bonds. The number of nitrogens with zero attached hydrogens (tertiary/aromatic N) is 4. The predicted molar refractivity (Wildman–Crippen MR) is 219 cm³/mol. The summed E-state index contributed by atoms with van der Waals surface area (Å²) in [7, 11) is 0. The standard InChI is InChI=1S/C48H26N4O/c1-2-13-29-25-30(22-21-27(29)11-1)42-47-43(34-17-7-10-20-40(34)53-47)50-48(49-42)52-39-19-9-6-16-33(39)37-26-36-32-15-5-8-18-38(32)51-44-31-14-4-3-12-28(31)23-24-35(44)41(45(36)51)46(37)52/h1-26H. The monoisotopic (exact) mass is 674 g/mol. The van der Waals surface area contributed by atoms with E-state index in [1.165, 1.54) is 65.0 Å². The number of aromatic nitrogens is 4. The molecule has 13 rings (SSSR count). The molecule has 0 saturated carbocycles. The smallest absolute Gasteiger partial charge is 0.236 e. The molecule has 0 aliphatic rings. The third-order valence-corrected chi connectivity index (χ3v) is 11.4. The molecule has 8 aromatic carbocycles. The van der Waals surface area contributed by atoms with Gasteiger partial charge in [-0.15, -0.1) is 0 Å². The van der Waals surface area contributed by atoms with Gasteiger partial charge in [-0.1, -0.05) is 121 Å². The van der Waals surface area contributed by atoms with Crippen LogP contribution < -0.4 is 0 Å². The molecule has 0 bridgehead atoms. The Kier molecular flexibility index (Phi) is 5.06. The third-order valence-electron chi connectivity index (χ3n) is 11.4. The van der Waals surface area contributed by atoms with E-state index in [2.05, 4.69) is 148 Å². The van der Waals surface area contributed by atoms with Gasteiger partial charge in [0.1, 0.15) is 16.8 Å². The number of furan rings is 1. The van der Waals surface area contributed by atoms with Crippen LogP contribution in [0.25, 0.3) is 121 Å². The van der Waals surface area contributed by atoms with E-state index in [1.807, 2.05) is 18.2 Å². The molecule has 5 nitrogen and oxygen atoms in total. The molecule has 0 aliphatic carbocycles. The van der Waals surface area contributed by atoms with Crippen molar-refractivity contribution in [1.29, 1.82) is 0 Å². The van der Waals surface area contributed by atoms with E-state index < -0.39 is 0 Å². The molecule has 53 heavy (non-hydrogen) atoms. The van der Waals surface area contributed by atoms with Crippen LogP contribution in [0.2, 0.25) is 0 Å². The van der Waals surface area contributed by atoms with E-state index in [0.717, 1.165) is 44.2 Å². The third kappa shape index (κ3) is 3.46. The van der Waals surface area contributed by atoms with Gasteiger partial charge < -0.3 is 8.82 Å². The largest absolute Gasteiger partial charge is 0.452 e. The molecule has 0 atom stereocenters. The highest BCUT2D eigenvalue weighted by molar-refractivity contribution is 6.36. The highest BCUT2D eigenvalue weighted by Gasteiger charge is 2.27. The number of hydrogen-bond acceptors (Lipinski definition) is 3. The molecule has 0 radical (unpaired) electrons. The Balaban J connectivity index is 1.26. The first-order valence-electron chi connectivity index (χ1n) is 18.0. The van der Waals surface area contributed by atoms with E-state index in [4.69, 9.17) is 14.4 Å². The topological polar surface area (TPSA) is 48.3 Å². The lowest BCUT2D eigenvalue weighted by atomic mass is 10.0. The van der Waals surface area contributed by atoms with Crippen LogP contribution in [0.15, 0.2) is 162 Å². The lowest BCUT2D eigenvalue weighted by Gasteiger charge is -2.11. The summed E-state index contributed by atoms with van der Waals surface area (Å²) in [5.74, 6) is 0.617. The Bertz CT molecular complexity index is 3700. The van der Waals surface area contributed by atoms with Gasteiger partial charge in [0.05, 0.1) is 27.6 Å².